The Kier molecular flexibility index (Phi) is 6.59. The molecule has 160 valence electrons. The second-order valence-electron chi connectivity index (χ2n) is 7.35. The fraction of sp³-hybridized carbons (Fsp3) is 0.208. The second-order valence-corrected chi connectivity index (χ2v) is 8.98. The van der Waals surface area contributed by atoms with Gasteiger partial charge in [-0.25, -0.2) is 4.21 Å². The molecule has 7 heteroatoms. The van der Waals surface area contributed by atoms with Crippen molar-refractivity contribution in [2.45, 2.75) is 18.9 Å². The van der Waals surface area contributed by atoms with Gasteiger partial charge in [-0.1, -0.05) is 48.0 Å². The highest BCUT2D eigenvalue weighted by Gasteiger charge is 2.25. The number of halogens is 1. The van der Waals surface area contributed by atoms with E-state index < -0.39 is 11.0 Å². The van der Waals surface area contributed by atoms with E-state index in [-0.39, 0.29) is 11.8 Å². The third kappa shape index (κ3) is 5.27. The number of rotatable bonds is 6. The van der Waals surface area contributed by atoms with Gasteiger partial charge < -0.3 is 9.47 Å². The lowest BCUT2D eigenvalue weighted by Gasteiger charge is -2.21. The molecule has 1 aliphatic rings. The minimum Gasteiger partial charge on any atom is -0.495 e. The van der Waals surface area contributed by atoms with Crippen LogP contribution in [0.25, 0.3) is 11.1 Å². The number of carbonyl (C=O) groups excluding carboxylic acids is 1. The molecular formula is C24H22ClNO4S. The minimum atomic E-state index is -1.30. The molecular weight excluding hydrogens is 434 g/mol. The fourth-order valence-electron chi connectivity index (χ4n) is 3.58. The van der Waals surface area contributed by atoms with Crippen LogP contribution in [0.2, 0.25) is 5.02 Å². The molecule has 31 heavy (non-hydrogen) atoms. The van der Waals surface area contributed by atoms with E-state index in [1.165, 1.54) is 0 Å². The van der Waals surface area contributed by atoms with E-state index in [1.54, 1.807) is 7.11 Å². The number of nitrogens with one attached hydrogen (secondary N) is 1. The minimum absolute atomic E-state index is 0.0309. The first-order valence-corrected chi connectivity index (χ1v) is 11.5. The lowest BCUT2D eigenvalue weighted by molar-refractivity contribution is -0.119. The molecule has 0 aromatic heterocycles. The van der Waals surface area contributed by atoms with Crippen molar-refractivity contribution >= 4 is 28.5 Å². The van der Waals surface area contributed by atoms with Gasteiger partial charge in [-0.15, -0.1) is 0 Å². The van der Waals surface area contributed by atoms with Crippen LogP contribution in [-0.4, -0.2) is 23.0 Å². The second kappa shape index (κ2) is 9.54. The summed E-state index contributed by atoms with van der Waals surface area (Å²) >= 11 is 6.26. The first-order chi connectivity index (χ1) is 15.0. The Morgan fingerprint density at radius 2 is 1.84 bits per heavy atom. The van der Waals surface area contributed by atoms with Gasteiger partial charge in [0.2, 0.25) is 5.91 Å². The van der Waals surface area contributed by atoms with Crippen molar-refractivity contribution in [3.8, 4) is 22.6 Å². The molecule has 2 unspecified atom stereocenters. The quantitative estimate of drug-likeness (QED) is 0.576. The van der Waals surface area contributed by atoms with E-state index in [0.29, 0.717) is 29.6 Å². The van der Waals surface area contributed by atoms with Gasteiger partial charge in [0.15, 0.2) is 0 Å². The maximum atomic E-state index is 11.7. The van der Waals surface area contributed by atoms with Crippen molar-refractivity contribution in [3.05, 3.63) is 82.9 Å². The number of methoxy groups -OCH3 is 1. The highest BCUT2D eigenvalue weighted by atomic mass is 35.5. The van der Waals surface area contributed by atoms with Crippen molar-refractivity contribution in [1.82, 2.24) is 4.72 Å². The number of amides is 1. The van der Waals surface area contributed by atoms with Crippen molar-refractivity contribution in [2.24, 2.45) is 0 Å². The number of ether oxygens (including phenoxy) is 2. The molecule has 1 aliphatic heterocycles. The van der Waals surface area contributed by atoms with Gasteiger partial charge in [0.05, 0.1) is 17.9 Å². The Morgan fingerprint density at radius 3 is 2.55 bits per heavy atom. The zero-order valence-electron chi connectivity index (χ0n) is 17.0. The molecule has 0 aliphatic carbocycles. The van der Waals surface area contributed by atoms with Crippen molar-refractivity contribution in [2.75, 3.05) is 12.9 Å². The molecule has 0 radical (unpaired) electrons. The molecule has 2 atom stereocenters. The van der Waals surface area contributed by atoms with Crippen LogP contribution in [0, 0.1) is 0 Å². The topological polar surface area (TPSA) is 64.6 Å². The summed E-state index contributed by atoms with van der Waals surface area (Å²) in [7, 11) is 0.293. The Bertz CT molecular complexity index is 1100. The normalized spacial score (nSPS) is 18.3. The summed E-state index contributed by atoms with van der Waals surface area (Å²) in [6, 6.07) is 21.5. The summed E-state index contributed by atoms with van der Waals surface area (Å²) in [6.45, 7) is 0.424. The molecule has 0 saturated carbocycles. The molecule has 3 aromatic carbocycles. The molecule has 5 nitrogen and oxygen atoms in total. The first kappa shape index (κ1) is 21.4. The Hall–Kier alpha value is -2.83. The number of carbonyl (C=O) groups is 1. The summed E-state index contributed by atoms with van der Waals surface area (Å²) in [6.07, 6.45) is 0.355. The van der Waals surface area contributed by atoms with E-state index in [1.807, 2.05) is 60.7 Å². The van der Waals surface area contributed by atoms with Crippen LogP contribution in [0.1, 0.15) is 23.5 Å². The van der Waals surface area contributed by atoms with Gasteiger partial charge in [0, 0.05) is 12.3 Å². The Morgan fingerprint density at radius 1 is 1.06 bits per heavy atom. The van der Waals surface area contributed by atoms with Crippen LogP contribution in [0.3, 0.4) is 0 Å². The highest BCUT2D eigenvalue weighted by Crippen LogP contribution is 2.31. The molecule has 1 heterocycles. The van der Waals surface area contributed by atoms with Crippen LogP contribution < -0.4 is 14.2 Å². The van der Waals surface area contributed by atoms with Crippen LogP contribution in [0.15, 0.2) is 66.7 Å². The van der Waals surface area contributed by atoms with E-state index >= 15 is 0 Å². The molecule has 3 aromatic rings. The van der Waals surface area contributed by atoms with Crippen LogP contribution >= 0.6 is 11.6 Å². The highest BCUT2D eigenvalue weighted by molar-refractivity contribution is 7.83. The smallest absolute Gasteiger partial charge is 0.232 e. The molecule has 0 spiro atoms. The molecule has 1 amide bonds. The van der Waals surface area contributed by atoms with E-state index in [4.69, 9.17) is 21.1 Å². The molecule has 4 rings (SSSR count). The van der Waals surface area contributed by atoms with Gasteiger partial charge in [-0.3, -0.25) is 9.52 Å². The summed E-state index contributed by atoms with van der Waals surface area (Å²) in [4.78, 5) is 11.6. The van der Waals surface area contributed by atoms with Gasteiger partial charge in [0.25, 0.3) is 0 Å². The SMILES string of the molecule is COc1ccc(-c2cccc(COc3ccc(C4CC(=O)NS(=O)C4)cc3)c2)cc1Cl. The largest absolute Gasteiger partial charge is 0.495 e. The van der Waals surface area contributed by atoms with Crippen LogP contribution in [0.4, 0.5) is 0 Å². The fourth-order valence-corrected chi connectivity index (χ4v) is 4.93. The van der Waals surface area contributed by atoms with Gasteiger partial charge in [0.1, 0.15) is 29.1 Å². The lowest BCUT2D eigenvalue weighted by Crippen LogP contribution is -2.36. The standard InChI is InChI=1S/C24H22ClNO4S/c1-29-23-10-7-19(12-22(23)25)18-4-2-3-16(11-18)14-30-21-8-5-17(6-9-21)20-13-24(27)26-31(28)15-20/h2-12,20H,13-15H2,1H3,(H,26,27). The molecule has 0 bridgehead atoms. The monoisotopic (exact) mass is 455 g/mol. The van der Waals surface area contributed by atoms with Gasteiger partial charge in [-0.05, 0) is 52.6 Å². The third-order valence-electron chi connectivity index (χ3n) is 5.18. The summed E-state index contributed by atoms with van der Waals surface area (Å²) in [5, 5.41) is 0.570. The Labute approximate surface area is 188 Å². The number of benzene rings is 3. The van der Waals surface area contributed by atoms with E-state index in [2.05, 4.69) is 10.8 Å². The average molecular weight is 456 g/mol. The van der Waals surface area contributed by atoms with Crippen LogP contribution in [-0.2, 0) is 22.4 Å². The van der Waals surface area contributed by atoms with E-state index in [9.17, 15) is 9.00 Å². The summed E-state index contributed by atoms with van der Waals surface area (Å²) in [5.41, 5.74) is 4.08. The van der Waals surface area contributed by atoms with Crippen molar-refractivity contribution in [3.63, 3.8) is 0 Å². The molecule has 1 saturated heterocycles. The molecule has 1 N–H and O–H groups in total. The maximum Gasteiger partial charge on any atom is 0.232 e. The first-order valence-electron chi connectivity index (χ1n) is 9.85. The number of hydrogen-bond acceptors (Lipinski definition) is 4. The Balaban J connectivity index is 1.41. The predicted octanol–water partition coefficient (Wildman–Crippen LogP) is 4.86. The lowest BCUT2D eigenvalue weighted by atomic mass is 9.97. The molecule has 1 fully saturated rings. The number of hydrogen-bond donors (Lipinski definition) is 1. The predicted molar refractivity (Wildman–Crippen MR) is 123 cm³/mol. The summed E-state index contributed by atoms with van der Waals surface area (Å²) < 4.78 is 25.3. The summed E-state index contributed by atoms with van der Waals surface area (Å²) in [5.74, 6) is 1.62. The van der Waals surface area contributed by atoms with Crippen LogP contribution in [0.5, 0.6) is 11.5 Å². The average Bonchev–Trinajstić information content (AvgIpc) is 2.77. The van der Waals surface area contributed by atoms with Gasteiger partial charge >= 0.3 is 0 Å². The maximum absolute atomic E-state index is 11.7. The van der Waals surface area contributed by atoms with E-state index in [0.717, 1.165) is 28.0 Å². The van der Waals surface area contributed by atoms with Crippen molar-refractivity contribution in [1.29, 1.82) is 0 Å². The zero-order chi connectivity index (χ0) is 21.8. The van der Waals surface area contributed by atoms with Gasteiger partial charge in [-0.2, -0.15) is 0 Å². The zero-order valence-corrected chi connectivity index (χ0v) is 18.5. The third-order valence-corrected chi connectivity index (χ3v) is 6.64. The van der Waals surface area contributed by atoms with Crippen molar-refractivity contribution < 1.29 is 18.5 Å².